The number of carbonyl (C=O) groups is 1. The molecule has 3 rings (SSSR count). The van der Waals surface area contributed by atoms with Gasteiger partial charge in [0.15, 0.2) is 5.76 Å². The molecule has 3 aromatic rings. The summed E-state index contributed by atoms with van der Waals surface area (Å²) in [6.07, 6.45) is 0.696. The van der Waals surface area contributed by atoms with Gasteiger partial charge in [0.25, 0.3) is 5.91 Å². The van der Waals surface area contributed by atoms with E-state index in [2.05, 4.69) is 21.2 Å². The van der Waals surface area contributed by atoms with E-state index in [1.807, 2.05) is 42.5 Å². The first-order chi connectivity index (χ1) is 11.2. The molecule has 1 N–H and O–H groups in total. The summed E-state index contributed by atoms with van der Waals surface area (Å²) < 4.78 is 11.8. The summed E-state index contributed by atoms with van der Waals surface area (Å²) >= 11 is 3.41. The molecule has 2 aromatic carbocycles. The van der Waals surface area contributed by atoms with E-state index in [0.29, 0.717) is 24.3 Å². The zero-order chi connectivity index (χ0) is 16.2. The van der Waals surface area contributed by atoms with E-state index < -0.39 is 0 Å². The quantitative estimate of drug-likeness (QED) is 0.729. The predicted molar refractivity (Wildman–Crippen MR) is 92.9 cm³/mol. The van der Waals surface area contributed by atoms with Crippen molar-refractivity contribution in [2.24, 2.45) is 0 Å². The van der Waals surface area contributed by atoms with Crippen molar-refractivity contribution in [1.29, 1.82) is 0 Å². The van der Waals surface area contributed by atoms with Crippen molar-refractivity contribution in [3.05, 3.63) is 64.3 Å². The maximum atomic E-state index is 12.2. The average molecular weight is 374 g/mol. The summed E-state index contributed by atoms with van der Waals surface area (Å²) in [5, 5.41) is 3.77. The van der Waals surface area contributed by atoms with Gasteiger partial charge in [-0.25, -0.2) is 0 Å². The molecule has 0 radical (unpaired) electrons. The number of furan rings is 1. The van der Waals surface area contributed by atoms with Gasteiger partial charge in [-0.2, -0.15) is 0 Å². The van der Waals surface area contributed by atoms with Crippen LogP contribution in [0.3, 0.4) is 0 Å². The van der Waals surface area contributed by atoms with E-state index in [4.69, 9.17) is 9.15 Å². The van der Waals surface area contributed by atoms with E-state index in [9.17, 15) is 4.79 Å². The lowest BCUT2D eigenvalue weighted by Gasteiger charge is -2.08. The number of benzene rings is 2. The third-order valence-corrected chi connectivity index (χ3v) is 4.07. The molecule has 0 fully saturated rings. The van der Waals surface area contributed by atoms with Crippen molar-refractivity contribution in [3.63, 3.8) is 0 Å². The highest BCUT2D eigenvalue weighted by Gasteiger charge is 2.12. The fourth-order valence-electron chi connectivity index (χ4n) is 2.43. The second kappa shape index (κ2) is 6.87. The zero-order valence-electron chi connectivity index (χ0n) is 12.6. The van der Waals surface area contributed by atoms with Crippen molar-refractivity contribution in [3.8, 4) is 5.75 Å². The normalized spacial score (nSPS) is 10.7. The van der Waals surface area contributed by atoms with Crippen molar-refractivity contribution in [2.75, 3.05) is 13.7 Å². The van der Waals surface area contributed by atoms with E-state index >= 15 is 0 Å². The molecule has 5 heteroatoms. The van der Waals surface area contributed by atoms with Crippen LogP contribution in [0.15, 0.2) is 57.4 Å². The predicted octanol–water partition coefficient (Wildman–Crippen LogP) is 4.18. The van der Waals surface area contributed by atoms with Crippen molar-refractivity contribution in [1.82, 2.24) is 5.32 Å². The molecule has 0 atom stereocenters. The molecule has 0 unspecified atom stereocenters. The number of carbonyl (C=O) groups excluding carboxylic acids is 1. The Morgan fingerprint density at radius 1 is 1.22 bits per heavy atom. The average Bonchev–Trinajstić information content (AvgIpc) is 2.98. The standard InChI is InChI=1S/C18H16BrNO3/c1-22-15-5-3-2-4-12(15)8-9-20-18(21)17-11-13-10-14(19)6-7-16(13)23-17/h2-7,10-11H,8-9H2,1H3,(H,20,21). The van der Waals surface area contributed by atoms with Gasteiger partial charge in [0, 0.05) is 16.4 Å². The molecule has 1 heterocycles. The minimum Gasteiger partial charge on any atom is -0.496 e. The lowest BCUT2D eigenvalue weighted by atomic mass is 10.1. The highest BCUT2D eigenvalue weighted by atomic mass is 79.9. The lowest BCUT2D eigenvalue weighted by molar-refractivity contribution is 0.0928. The Morgan fingerprint density at radius 3 is 2.87 bits per heavy atom. The number of amides is 1. The third-order valence-electron chi connectivity index (χ3n) is 3.57. The van der Waals surface area contributed by atoms with Gasteiger partial charge < -0.3 is 14.5 Å². The molecule has 1 aromatic heterocycles. The third kappa shape index (κ3) is 3.56. The first-order valence-electron chi connectivity index (χ1n) is 7.26. The van der Waals surface area contributed by atoms with Crippen LogP contribution >= 0.6 is 15.9 Å². The summed E-state index contributed by atoms with van der Waals surface area (Å²) in [5.41, 5.74) is 1.76. The highest BCUT2D eigenvalue weighted by Crippen LogP contribution is 2.23. The lowest BCUT2D eigenvalue weighted by Crippen LogP contribution is -2.25. The highest BCUT2D eigenvalue weighted by molar-refractivity contribution is 9.10. The Labute approximate surface area is 142 Å². The largest absolute Gasteiger partial charge is 0.496 e. The first kappa shape index (κ1) is 15.6. The van der Waals surface area contributed by atoms with E-state index in [1.54, 1.807) is 13.2 Å². The van der Waals surface area contributed by atoms with Crippen LogP contribution in [0.5, 0.6) is 5.75 Å². The molecule has 23 heavy (non-hydrogen) atoms. The second-order valence-electron chi connectivity index (χ2n) is 5.11. The number of hydrogen-bond donors (Lipinski definition) is 1. The van der Waals surface area contributed by atoms with Gasteiger partial charge in [-0.1, -0.05) is 34.1 Å². The van der Waals surface area contributed by atoms with Crippen LogP contribution in [-0.2, 0) is 6.42 Å². The van der Waals surface area contributed by atoms with Crippen LogP contribution in [0.1, 0.15) is 16.1 Å². The van der Waals surface area contributed by atoms with Crippen molar-refractivity contribution >= 4 is 32.8 Å². The van der Waals surface area contributed by atoms with Gasteiger partial charge in [-0.05, 0) is 42.3 Å². The summed E-state index contributed by atoms with van der Waals surface area (Å²) in [4.78, 5) is 12.2. The Balaban J connectivity index is 1.64. The molecule has 0 bridgehead atoms. The number of fused-ring (bicyclic) bond motifs is 1. The summed E-state index contributed by atoms with van der Waals surface area (Å²) in [6.45, 7) is 0.514. The van der Waals surface area contributed by atoms with Crippen molar-refractivity contribution < 1.29 is 13.9 Å². The smallest absolute Gasteiger partial charge is 0.287 e. The van der Waals surface area contributed by atoms with Crippen LogP contribution in [0, 0.1) is 0 Å². The van der Waals surface area contributed by atoms with Crippen LogP contribution in [0.25, 0.3) is 11.0 Å². The van der Waals surface area contributed by atoms with Crippen LogP contribution in [-0.4, -0.2) is 19.6 Å². The van der Waals surface area contributed by atoms with Gasteiger partial charge in [0.2, 0.25) is 0 Å². The Kier molecular flexibility index (Phi) is 4.67. The monoisotopic (exact) mass is 373 g/mol. The van der Waals surface area contributed by atoms with Crippen LogP contribution < -0.4 is 10.1 Å². The topological polar surface area (TPSA) is 51.5 Å². The first-order valence-corrected chi connectivity index (χ1v) is 8.06. The van der Waals surface area contributed by atoms with E-state index in [1.165, 1.54) is 0 Å². The van der Waals surface area contributed by atoms with Gasteiger partial charge in [-0.15, -0.1) is 0 Å². The molecule has 1 amide bonds. The molecule has 0 saturated carbocycles. The number of para-hydroxylation sites is 1. The van der Waals surface area contributed by atoms with Crippen LogP contribution in [0.4, 0.5) is 0 Å². The number of halogens is 1. The summed E-state index contributed by atoms with van der Waals surface area (Å²) in [5.74, 6) is 0.931. The van der Waals surface area contributed by atoms with E-state index in [-0.39, 0.29) is 5.91 Å². The molecule has 0 aliphatic rings. The molecule has 0 spiro atoms. The molecule has 118 valence electrons. The minimum absolute atomic E-state index is 0.216. The fraction of sp³-hybridized carbons (Fsp3) is 0.167. The SMILES string of the molecule is COc1ccccc1CCNC(=O)c1cc2cc(Br)ccc2o1. The summed E-state index contributed by atoms with van der Waals surface area (Å²) in [7, 11) is 1.64. The Bertz CT molecular complexity index is 841. The van der Waals surface area contributed by atoms with Gasteiger partial charge in [0.1, 0.15) is 11.3 Å². The molecule has 0 saturated heterocycles. The van der Waals surface area contributed by atoms with Crippen LogP contribution in [0.2, 0.25) is 0 Å². The van der Waals surface area contributed by atoms with E-state index in [0.717, 1.165) is 21.2 Å². The molecule has 0 aliphatic carbocycles. The molecule has 0 aliphatic heterocycles. The van der Waals surface area contributed by atoms with Gasteiger partial charge >= 0.3 is 0 Å². The number of methoxy groups -OCH3 is 1. The maximum Gasteiger partial charge on any atom is 0.287 e. The van der Waals surface area contributed by atoms with Gasteiger partial charge in [0.05, 0.1) is 7.11 Å². The van der Waals surface area contributed by atoms with Gasteiger partial charge in [-0.3, -0.25) is 4.79 Å². The minimum atomic E-state index is -0.216. The number of rotatable bonds is 5. The Hall–Kier alpha value is -2.27. The number of nitrogens with one attached hydrogen (secondary N) is 1. The zero-order valence-corrected chi connectivity index (χ0v) is 14.2. The summed E-state index contributed by atoms with van der Waals surface area (Å²) in [6, 6.07) is 15.2. The second-order valence-corrected chi connectivity index (χ2v) is 6.03. The molecular weight excluding hydrogens is 358 g/mol. The maximum absolute atomic E-state index is 12.2. The number of ether oxygens (including phenoxy) is 1. The number of hydrogen-bond acceptors (Lipinski definition) is 3. The van der Waals surface area contributed by atoms with Crippen molar-refractivity contribution in [2.45, 2.75) is 6.42 Å². The molecule has 4 nitrogen and oxygen atoms in total. The Morgan fingerprint density at radius 2 is 2.04 bits per heavy atom. The fourth-order valence-corrected chi connectivity index (χ4v) is 2.81. The molecular formula is C18H16BrNO3.